The van der Waals surface area contributed by atoms with Gasteiger partial charge < -0.3 is 10.2 Å². The summed E-state index contributed by atoms with van der Waals surface area (Å²) in [7, 11) is 0. The Hall–Kier alpha value is -0.570. The smallest absolute Gasteiger partial charge is 0.239 e. The first-order chi connectivity index (χ1) is 9.48. The summed E-state index contributed by atoms with van der Waals surface area (Å²) < 4.78 is 0. The third-order valence-electron chi connectivity index (χ3n) is 3.95. The number of rotatable bonds is 6. The standard InChI is InChI=1S/C18H36N2O/c1-14-12-20(13-14)16(21)15(19-18(5,6)7)10-8-9-11-17(2,3)4/h14-15,19H,8-13H2,1-7H3. The molecule has 0 aliphatic carbocycles. The van der Waals surface area contributed by atoms with Gasteiger partial charge in [-0.15, -0.1) is 0 Å². The Morgan fingerprint density at radius 2 is 1.71 bits per heavy atom. The predicted molar refractivity (Wildman–Crippen MR) is 90.3 cm³/mol. The quantitative estimate of drug-likeness (QED) is 0.756. The zero-order chi connectivity index (χ0) is 16.3. The van der Waals surface area contributed by atoms with Gasteiger partial charge in [0.2, 0.25) is 5.91 Å². The SMILES string of the molecule is CC1CN(C(=O)C(CCCCC(C)(C)C)NC(C)(C)C)C1. The number of nitrogens with one attached hydrogen (secondary N) is 1. The number of likely N-dealkylation sites (tertiary alicyclic amines) is 1. The molecule has 124 valence electrons. The van der Waals surface area contributed by atoms with Crippen LogP contribution >= 0.6 is 0 Å². The van der Waals surface area contributed by atoms with Gasteiger partial charge in [0.25, 0.3) is 0 Å². The second-order valence-electron chi connectivity index (χ2n) is 9.10. The third-order valence-corrected chi connectivity index (χ3v) is 3.95. The molecule has 1 aliphatic heterocycles. The molecule has 0 radical (unpaired) electrons. The van der Waals surface area contributed by atoms with Crippen LogP contribution in [0.15, 0.2) is 0 Å². The summed E-state index contributed by atoms with van der Waals surface area (Å²) in [5, 5.41) is 3.53. The maximum Gasteiger partial charge on any atom is 0.239 e. The summed E-state index contributed by atoms with van der Waals surface area (Å²) in [6.07, 6.45) is 4.51. The normalized spacial score (nSPS) is 18.5. The summed E-state index contributed by atoms with van der Waals surface area (Å²) in [5.41, 5.74) is 0.380. The first-order valence-corrected chi connectivity index (χ1v) is 8.54. The molecular weight excluding hydrogens is 260 g/mol. The molecule has 1 heterocycles. The maximum absolute atomic E-state index is 12.6. The molecule has 3 nitrogen and oxygen atoms in total. The van der Waals surface area contributed by atoms with Gasteiger partial charge in [-0.3, -0.25) is 4.79 Å². The first kappa shape index (κ1) is 18.5. The van der Waals surface area contributed by atoms with Crippen molar-refractivity contribution in [3.8, 4) is 0 Å². The Bertz CT molecular complexity index is 332. The van der Waals surface area contributed by atoms with Crippen LogP contribution in [0.2, 0.25) is 0 Å². The second-order valence-corrected chi connectivity index (χ2v) is 9.10. The van der Waals surface area contributed by atoms with Gasteiger partial charge in [-0.2, -0.15) is 0 Å². The van der Waals surface area contributed by atoms with Gasteiger partial charge in [-0.25, -0.2) is 0 Å². The predicted octanol–water partition coefficient (Wildman–Crippen LogP) is 3.83. The van der Waals surface area contributed by atoms with E-state index in [0.717, 1.165) is 25.9 Å². The van der Waals surface area contributed by atoms with Gasteiger partial charge in [0.05, 0.1) is 6.04 Å². The molecule has 0 bridgehead atoms. The lowest BCUT2D eigenvalue weighted by Gasteiger charge is -2.41. The fourth-order valence-corrected chi connectivity index (χ4v) is 2.88. The summed E-state index contributed by atoms with van der Waals surface area (Å²) in [6.45, 7) is 17.3. The minimum Gasteiger partial charge on any atom is -0.341 e. The lowest BCUT2D eigenvalue weighted by Crippen LogP contribution is -2.58. The fourth-order valence-electron chi connectivity index (χ4n) is 2.88. The molecule has 1 atom stereocenters. The molecule has 0 aromatic heterocycles. The van der Waals surface area contributed by atoms with Crippen LogP contribution in [0.3, 0.4) is 0 Å². The molecule has 1 saturated heterocycles. The van der Waals surface area contributed by atoms with E-state index in [9.17, 15) is 4.79 Å². The molecular formula is C18H36N2O. The Labute approximate surface area is 131 Å². The summed E-state index contributed by atoms with van der Waals surface area (Å²) in [5.74, 6) is 0.976. The largest absolute Gasteiger partial charge is 0.341 e. The monoisotopic (exact) mass is 296 g/mol. The van der Waals surface area contributed by atoms with Gasteiger partial charge in [0.1, 0.15) is 0 Å². The number of unbranched alkanes of at least 4 members (excludes halogenated alkanes) is 1. The Morgan fingerprint density at radius 1 is 1.14 bits per heavy atom. The van der Waals surface area contributed by atoms with Crippen LogP contribution in [0.25, 0.3) is 0 Å². The first-order valence-electron chi connectivity index (χ1n) is 8.54. The van der Waals surface area contributed by atoms with Gasteiger partial charge in [-0.05, 0) is 44.9 Å². The molecule has 0 aromatic carbocycles. The van der Waals surface area contributed by atoms with Crippen molar-refractivity contribution in [2.24, 2.45) is 11.3 Å². The van der Waals surface area contributed by atoms with E-state index < -0.39 is 0 Å². The van der Waals surface area contributed by atoms with Gasteiger partial charge in [0.15, 0.2) is 0 Å². The molecule has 1 aliphatic rings. The summed E-state index contributed by atoms with van der Waals surface area (Å²) in [4.78, 5) is 14.6. The van der Waals surface area contributed by atoms with Gasteiger partial charge in [0, 0.05) is 18.6 Å². The molecule has 0 spiro atoms. The van der Waals surface area contributed by atoms with Crippen molar-refractivity contribution < 1.29 is 4.79 Å². The van der Waals surface area contributed by atoms with Gasteiger partial charge >= 0.3 is 0 Å². The number of hydrogen-bond donors (Lipinski definition) is 1. The highest BCUT2D eigenvalue weighted by Gasteiger charge is 2.33. The lowest BCUT2D eigenvalue weighted by molar-refractivity contribution is -0.140. The molecule has 1 rings (SSSR count). The molecule has 1 amide bonds. The van der Waals surface area contributed by atoms with Crippen molar-refractivity contribution in [1.82, 2.24) is 10.2 Å². The molecule has 1 fully saturated rings. The molecule has 21 heavy (non-hydrogen) atoms. The minimum atomic E-state index is -0.0162. The van der Waals surface area contributed by atoms with Crippen LogP contribution in [-0.4, -0.2) is 35.5 Å². The highest BCUT2D eigenvalue weighted by atomic mass is 16.2. The third kappa shape index (κ3) is 7.30. The van der Waals surface area contributed by atoms with Crippen molar-refractivity contribution in [1.29, 1.82) is 0 Å². The summed E-state index contributed by atoms with van der Waals surface area (Å²) >= 11 is 0. The van der Waals surface area contributed by atoms with E-state index in [1.54, 1.807) is 0 Å². The van der Waals surface area contributed by atoms with E-state index in [0.29, 0.717) is 17.2 Å². The average Bonchev–Trinajstić information content (AvgIpc) is 2.25. The van der Waals surface area contributed by atoms with Crippen LogP contribution in [0, 0.1) is 11.3 Å². The van der Waals surface area contributed by atoms with E-state index >= 15 is 0 Å². The number of carbonyl (C=O) groups excluding carboxylic acids is 1. The maximum atomic E-state index is 12.6. The van der Waals surface area contributed by atoms with Crippen molar-refractivity contribution in [3.63, 3.8) is 0 Å². The topological polar surface area (TPSA) is 32.3 Å². The number of carbonyl (C=O) groups is 1. The minimum absolute atomic E-state index is 0.0131. The van der Waals surface area contributed by atoms with Crippen LogP contribution in [0.5, 0.6) is 0 Å². The van der Waals surface area contributed by atoms with Crippen molar-refractivity contribution in [2.75, 3.05) is 13.1 Å². The van der Waals surface area contributed by atoms with Crippen molar-refractivity contribution in [3.05, 3.63) is 0 Å². The fraction of sp³-hybridized carbons (Fsp3) is 0.944. The van der Waals surface area contributed by atoms with E-state index in [-0.39, 0.29) is 11.6 Å². The lowest BCUT2D eigenvalue weighted by atomic mass is 9.88. The van der Waals surface area contributed by atoms with Crippen LogP contribution in [0.1, 0.15) is 74.1 Å². The highest BCUT2D eigenvalue weighted by molar-refractivity contribution is 5.82. The molecule has 0 aromatic rings. The van der Waals surface area contributed by atoms with Crippen molar-refractivity contribution >= 4 is 5.91 Å². The number of nitrogens with zero attached hydrogens (tertiary/aromatic N) is 1. The Morgan fingerprint density at radius 3 is 2.14 bits per heavy atom. The van der Waals surface area contributed by atoms with Crippen LogP contribution < -0.4 is 5.32 Å². The Kier molecular flexibility index (Phi) is 6.27. The highest BCUT2D eigenvalue weighted by Crippen LogP contribution is 2.23. The van der Waals surface area contributed by atoms with Gasteiger partial charge in [-0.1, -0.05) is 40.5 Å². The number of amides is 1. The molecule has 3 heteroatoms. The number of hydrogen-bond acceptors (Lipinski definition) is 2. The van der Waals surface area contributed by atoms with E-state index in [1.807, 2.05) is 4.90 Å². The van der Waals surface area contributed by atoms with E-state index in [4.69, 9.17) is 0 Å². The molecule has 1 unspecified atom stereocenters. The zero-order valence-corrected chi connectivity index (χ0v) is 15.3. The molecule has 0 saturated carbocycles. The van der Waals surface area contributed by atoms with E-state index in [2.05, 4.69) is 53.8 Å². The molecule has 1 N–H and O–H groups in total. The van der Waals surface area contributed by atoms with Crippen molar-refractivity contribution in [2.45, 2.75) is 85.7 Å². The average molecular weight is 296 g/mol. The Balaban J connectivity index is 2.47. The second kappa shape index (κ2) is 7.13. The summed E-state index contributed by atoms with van der Waals surface area (Å²) in [6, 6.07) is -0.0162. The van der Waals surface area contributed by atoms with E-state index in [1.165, 1.54) is 12.8 Å². The van der Waals surface area contributed by atoms with Crippen LogP contribution in [0.4, 0.5) is 0 Å². The zero-order valence-electron chi connectivity index (χ0n) is 15.3. The van der Waals surface area contributed by atoms with Crippen LogP contribution in [-0.2, 0) is 4.79 Å².